The van der Waals surface area contributed by atoms with Crippen molar-refractivity contribution < 1.29 is 24.2 Å². The van der Waals surface area contributed by atoms with Crippen LogP contribution in [0, 0.1) is 11.8 Å². The second kappa shape index (κ2) is 18.9. The number of amides is 2. The van der Waals surface area contributed by atoms with Gasteiger partial charge in [-0.3, -0.25) is 14.4 Å². The van der Waals surface area contributed by atoms with Crippen LogP contribution < -0.4 is 5.32 Å². The van der Waals surface area contributed by atoms with Crippen molar-refractivity contribution in [2.75, 3.05) is 19.8 Å². The quantitative estimate of drug-likeness (QED) is 0.145. The van der Waals surface area contributed by atoms with Crippen LogP contribution in [0.2, 0.25) is 0 Å². The Balaban J connectivity index is 1.70. The van der Waals surface area contributed by atoms with E-state index in [0.29, 0.717) is 32.2 Å². The molecule has 2 amide bonds. The van der Waals surface area contributed by atoms with Crippen molar-refractivity contribution in [3.8, 4) is 0 Å². The van der Waals surface area contributed by atoms with Crippen molar-refractivity contribution >= 4 is 17.8 Å². The van der Waals surface area contributed by atoms with Crippen LogP contribution in [0.4, 0.5) is 0 Å². The molecule has 0 aromatic heterocycles. The number of hydrogen-bond acceptors (Lipinski definition) is 5. The third kappa shape index (κ3) is 11.7. The van der Waals surface area contributed by atoms with E-state index in [9.17, 15) is 19.5 Å². The molecule has 0 heterocycles. The van der Waals surface area contributed by atoms with Crippen LogP contribution in [0.1, 0.15) is 36.0 Å². The predicted octanol–water partition coefficient (Wildman–Crippen LogP) is 5.30. The van der Waals surface area contributed by atoms with Crippen LogP contribution in [-0.4, -0.2) is 53.6 Å². The molecule has 3 unspecified atom stereocenters. The average Bonchev–Trinajstić information content (AvgIpc) is 3.04. The van der Waals surface area contributed by atoms with E-state index in [0.717, 1.165) is 16.7 Å². The van der Waals surface area contributed by atoms with Gasteiger partial charge in [0.15, 0.2) is 0 Å². The summed E-state index contributed by atoms with van der Waals surface area (Å²) in [4.78, 5) is 41.7. The number of hydrogen-bond donors (Lipinski definition) is 2. The van der Waals surface area contributed by atoms with Gasteiger partial charge in [0.1, 0.15) is 6.61 Å². The minimum Gasteiger partial charge on any atom is -0.463 e. The Kier molecular flexibility index (Phi) is 14.6. The lowest BCUT2D eigenvalue weighted by Crippen LogP contribution is -2.45. The Morgan fingerprint density at radius 3 is 1.84 bits per heavy atom. The summed E-state index contributed by atoms with van der Waals surface area (Å²) >= 11 is 0. The van der Waals surface area contributed by atoms with Gasteiger partial charge >= 0.3 is 5.97 Å². The van der Waals surface area contributed by atoms with E-state index in [4.69, 9.17) is 4.74 Å². The first-order valence-corrected chi connectivity index (χ1v) is 15.1. The van der Waals surface area contributed by atoms with Crippen LogP contribution in [0.25, 0.3) is 0 Å². The minimum atomic E-state index is -0.669. The largest absolute Gasteiger partial charge is 0.463 e. The number of nitrogens with zero attached hydrogens (tertiary/aromatic N) is 1. The minimum absolute atomic E-state index is 0.0126. The molecule has 44 heavy (non-hydrogen) atoms. The van der Waals surface area contributed by atoms with E-state index < -0.39 is 17.9 Å². The monoisotopic (exact) mass is 596 g/mol. The Labute approximate surface area is 261 Å². The number of aliphatic hydroxyl groups is 1. The third-order valence-electron chi connectivity index (χ3n) is 7.39. The molecule has 3 rings (SSSR count). The zero-order valence-electron chi connectivity index (χ0n) is 25.4. The highest BCUT2D eigenvalue weighted by molar-refractivity contribution is 5.86. The first-order chi connectivity index (χ1) is 21.4. The molecule has 0 aliphatic rings. The van der Waals surface area contributed by atoms with E-state index in [1.54, 1.807) is 17.1 Å². The highest BCUT2D eigenvalue weighted by Crippen LogP contribution is 2.18. The number of benzene rings is 3. The number of nitrogens with one attached hydrogen (secondary N) is 1. The van der Waals surface area contributed by atoms with E-state index >= 15 is 0 Å². The maximum atomic E-state index is 13.6. The molecule has 0 saturated carbocycles. The smallest absolute Gasteiger partial charge is 0.309 e. The van der Waals surface area contributed by atoms with Crippen molar-refractivity contribution in [3.63, 3.8) is 0 Å². The molecule has 0 bridgehead atoms. The van der Waals surface area contributed by atoms with Crippen molar-refractivity contribution in [1.82, 2.24) is 10.2 Å². The zero-order valence-corrected chi connectivity index (χ0v) is 25.4. The van der Waals surface area contributed by atoms with Gasteiger partial charge in [0, 0.05) is 19.5 Å². The molecule has 0 fully saturated rings. The summed E-state index contributed by atoms with van der Waals surface area (Å²) in [5.74, 6) is -1.96. The SMILES string of the molecule is C=CCC(CC(=O)N(CCO)Cc1ccccc1)C(=O)NC(COC(=O)C(CC=C)Cc1ccccc1)Cc1ccccc1. The fraction of sp³-hybridized carbons (Fsp3) is 0.324. The van der Waals surface area contributed by atoms with Crippen molar-refractivity contribution in [2.24, 2.45) is 11.8 Å². The van der Waals surface area contributed by atoms with Crippen molar-refractivity contribution in [1.29, 1.82) is 0 Å². The second-order valence-electron chi connectivity index (χ2n) is 10.9. The molecule has 7 heteroatoms. The Bertz CT molecular complexity index is 1310. The standard InChI is InChI=1S/C37H44N2O5/c1-3-14-32(26-35(41)39(22-23-40)27-31-20-12-7-13-21-31)36(42)38-34(25-30-18-10-6-11-19-30)28-44-37(43)33(15-4-2)24-29-16-8-5-9-17-29/h3-13,16-21,32-34,40H,1-2,14-15,22-28H2,(H,38,42). The summed E-state index contributed by atoms with van der Waals surface area (Å²) in [5, 5.41) is 12.6. The molecule has 3 aromatic rings. The Hall–Kier alpha value is -4.49. The molecule has 3 atom stereocenters. The van der Waals surface area contributed by atoms with Gasteiger partial charge in [-0.25, -0.2) is 0 Å². The molecular formula is C37H44N2O5. The van der Waals surface area contributed by atoms with Crippen LogP contribution in [-0.2, 0) is 38.5 Å². The van der Waals surface area contributed by atoms with E-state index in [2.05, 4.69) is 18.5 Å². The molecule has 2 N–H and O–H groups in total. The van der Waals surface area contributed by atoms with Gasteiger partial charge in [0.25, 0.3) is 0 Å². The van der Waals surface area contributed by atoms with Gasteiger partial charge in [-0.05, 0) is 42.4 Å². The zero-order chi connectivity index (χ0) is 31.6. The average molecular weight is 597 g/mol. The second-order valence-corrected chi connectivity index (χ2v) is 10.9. The topological polar surface area (TPSA) is 95.9 Å². The predicted molar refractivity (Wildman–Crippen MR) is 173 cm³/mol. The molecule has 0 aliphatic heterocycles. The summed E-state index contributed by atoms with van der Waals surface area (Å²) < 4.78 is 5.80. The number of carbonyl (C=O) groups excluding carboxylic acids is 3. The number of esters is 1. The summed E-state index contributed by atoms with van der Waals surface area (Å²) in [6.45, 7) is 7.91. The van der Waals surface area contributed by atoms with Gasteiger partial charge in [-0.2, -0.15) is 0 Å². The van der Waals surface area contributed by atoms with Crippen LogP contribution in [0.15, 0.2) is 116 Å². The third-order valence-corrected chi connectivity index (χ3v) is 7.39. The number of allylic oxidation sites excluding steroid dienone is 2. The summed E-state index contributed by atoms with van der Waals surface area (Å²) in [5.41, 5.74) is 2.95. The summed E-state index contributed by atoms with van der Waals surface area (Å²) in [7, 11) is 0. The van der Waals surface area contributed by atoms with Gasteiger partial charge < -0.3 is 20.1 Å². The maximum Gasteiger partial charge on any atom is 0.309 e. The van der Waals surface area contributed by atoms with Gasteiger partial charge in [0.05, 0.1) is 24.5 Å². The number of ether oxygens (including phenoxy) is 1. The highest BCUT2D eigenvalue weighted by atomic mass is 16.5. The summed E-state index contributed by atoms with van der Waals surface area (Å²) in [6, 6.07) is 28.4. The van der Waals surface area contributed by atoms with Crippen LogP contribution in [0.3, 0.4) is 0 Å². The lowest BCUT2D eigenvalue weighted by atomic mass is 9.96. The molecule has 3 aromatic carbocycles. The Morgan fingerprint density at radius 1 is 0.773 bits per heavy atom. The summed E-state index contributed by atoms with van der Waals surface area (Å²) in [6.07, 6.45) is 5.05. The first-order valence-electron chi connectivity index (χ1n) is 15.1. The normalized spacial score (nSPS) is 12.8. The number of aliphatic hydroxyl groups excluding tert-OH is 1. The lowest BCUT2D eigenvalue weighted by Gasteiger charge is -2.26. The number of carbonyl (C=O) groups is 3. The van der Waals surface area contributed by atoms with Gasteiger partial charge in [-0.1, -0.05) is 103 Å². The van der Waals surface area contributed by atoms with Crippen LogP contribution >= 0.6 is 0 Å². The van der Waals surface area contributed by atoms with Crippen LogP contribution in [0.5, 0.6) is 0 Å². The molecule has 0 saturated heterocycles. The highest BCUT2D eigenvalue weighted by Gasteiger charge is 2.27. The van der Waals surface area contributed by atoms with E-state index in [-0.39, 0.29) is 44.0 Å². The van der Waals surface area contributed by atoms with Crippen molar-refractivity contribution in [2.45, 2.75) is 44.7 Å². The number of rotatable bonds is 19. The van der Waals surface area contributed by atoms with Crippen molar-refractivity contribution in [3.05, 3.63) is 133 Å². The fourth-order valence-corrected chi connectivity index (χ4v) is 5.07. The van der Waals surface area contributed by atoms with Gasteiger partial charge in [-0.15, -0.1) is 13.2 Å². The molecule has 0 spiro atoms. The van der Waals surface area contributed by atoms with E-state index in [1.807, 2.05) is 91.0 Å². The van der Waals surface area contributed by atoms with Gasteiger partial charge in [0.2, 0.25) is 11.8 Å². The first kappa shape index (κ1) is 34.0. The molecule has 0 radical (unpaired) electrons. The maximum absolute atomic E-state index is 13.6. The fourth-order valence-electron chi connectivity index (χ4n) is 5.07. The molecular weight excluding hydrogens is 552 g/mol. The lowest BCUT2D eigenvalue weighted by molar-refractivity contribution is -0.149. The molecule has 232 valence electrons. The molecule has 7 nitrogen and oxygen atoms in total. The molecule has 0 aliphatic carbocycles. The Morgan fingerprint density at radius 2 is 1.30 bits per heavy atom. The van der Waals surface area contributed by atoms with E-state index in [1.165, 1.54) is 0 Å².